The first-order valence-corrected chi connectivity index (χ1v) is 10.0. The van der Waals surface area contributed by atoms with Crippen molar-refractivity contribution in [1.29, 1.82) is 0 Å². The smallest absolute Gasteiger partial charge is 0.131 e. The number of amidine groups is 1. The maximum atomic E-state index is 5.90. The molecule has 1 aromatic heterocycles. The summed E-state index contributed by atoms with van der Waals surface area (Å²) in [4.78, 5) is 11.8. The molecule has 0 fully saturated rings. The van der Waals surface area contributed by atoms with Gasteiger partial charge >= 0.3 is 0 Å². The molecule has 0 bridgehead atoms. The number of aliphatic imine (C=N–C) groups is 1. The van der Waals surface area contributed by atoms with Crippen molar-refractivity contribution in [3.63, 3.8) is 0 Å². The molecule has 0 saturated carbocycles. The first-order chi connectivity index (χ1) is 14.9. The molecule has 1 N–H and O–H groups in total. The van der Waals surface area contributed by atoms with Crippen LogP contribution < -0.4 is 15.0 Å². The molecule has 7 heteroatoms. The Bertz CT molecular complexity index is 1080. The highest BCUT2D eigenvalue weighted by atomic mass is 16.6. The largest absolute Gasteiger partial charge is 0.497 e. The third-order valence-electron chi connectivity index (χ3n) is 4.93. The Labute approximate surface area is 183 Å². The average Bonchev–Trinajstić information content (AvgIpc) is 3.06. The maximum Gasteiger partial charge on any atom is 0.131 e. The highest BCUT2D eigenvalue weighted by Gasteiger charge is 2.08. The summed E-state index contributed by atoms with van der Waals surface area (Å²) in [6.45, 7) is 4.39. The lowest BCUT2D eigenvalue weighted by atomic mass is 10.2. The molecule has 1 heterocycles. The van der Waals surface area contributed by atoms with Crippen LogP contribution in [0.2, 0.25) is 0 Å². The average molecular weight is 423 g/mol. The lowest BCUT2D eigenvalue weighted by Gasteiger charge is -2.13. The predicted octanol–water partition coefficient (Wildman–Crippen LogP) is 4.60. The standard InChI is InChI=1S/C24H30N4O3/c1-17-13-19-14-20(25-18(2)27(3)4)7-12-24(19)28(17)15-21(26-30-6)16-31-23-10-8-22(29-5)9-11-23/h7-15,26H,16H2,1-6H3. The Balaban J connectivity index is 1.86. The van der Waals surface area contributed by atoms with Crippen LogP contribution in [0.5, 0.6) is 11.5 Å². The Kier molecular flexibility index (Phi) is 7.20. The van der Waals surface area contributed by atoms with Crippen molar-refractivity contribution >= 4 is 28.6 Å². The van der Waals surface area contributed by atoms with Crippen molar-refractivity contribution in [3.05, 3.63) is 59.9 Å². The van der Waals surface area contributed by atoms with Gasteiger partial charge in [0.15, 0.2) is 0 Å². The molecule has 0 radical (unpaired) electrons. The zero-order valence-corrected chi connectivity index (χ0v) is 19.0. The molecule has 0 unspecified atom stereocenters. The number of nitrogens with one attached hydrogen (secondary N) is 1. The van der Waals surface area contributed by atoms with Gasteiger partial charge in [0.25, 0.3) is 0 Å². The van der Waals surface area contributed by atoms with E-state index in [1.807, 2.05) is 62.5 Å². The number of fused-ring (bicyclic) bond motifs is 1. The zero-order valence-electron chi connectivity index (χ0n) is 19.0. The maximum absolute atomic E-state index is 5.90. The second-order valence-electron chi connectivity index (χ2n) is 7.38. The minimum atomic E-state index is 0.323. The minimum absolute atomic E-state index is 0.323. The third kappa shape index (κ3) is 5.58. The molecule has 0 aliphatic carbocycles. The van der Waals surface area contributed by atoms with Gasteiger partial charge in [-0.2, -0.15) is 0 Å². The molecule has 0 atom stereocenters. The summed E-state index contributed by atoms with van der Waals surface area (Å²) in [6, 6.07) is 15.8. The second-order valence-corrected chi connectivity index (χ2v) is 7.38. The number of aryl methyl sites for hydroxylation is 1. The fourth-order valence-corrected chi connectivity index (χ4v) is 3.10. The van der Waals surface area contributed by atoms with E-state index >= 15 is 0 Å². The number of methoxy groups -OCH3 is 1. The molecule has 3 rings (SSSR count). The quantitative estimate of drug-likeness (QED) is 0.327. The molecular formula is C24H30N4O3. The molecule has 7 nitrogen and oxygen atoms in total. The van der Waals surface area contributed by atoms with Gasteiger partial charge in [0.1, 0.15) is 23.9 Å². The van der Waals surface area contributed by atoms with Gasteiger partial charge in [0.2, 0.25) is 0 Å². The second kappa shape index (κ2) is 10.0. The molecule has 164 valence electrons. The van der Waals surface area contributed by atoms with Gasteiger partial charge in [0, 0.05) is 31.4 Å². The van der Waals surface area contributed by atoms with Crippen LogP contribution in [0.25, 0.3) is 17.1 Å². The van der Waals surface area contributed by atoms with Gasteiger partial charge in [-0.3, -0.25) is 10.3 Å². The number of hydrogen-bond donors (Lipinski definition) is 1. The fourth-order valence-electron chi connectivity index (χ4n) is 3.10. The SMILES string of the molecule is CONC(=Cn1c(C)cc2cc(N=C(C)N(C)C)ccc21)COc1ccc(OC)cc1. The lowest BCUT2D eigenvalue weighted by molar-refractivity contribution is 0.108. The van der Waals surface area contributed by atoms with Gasteiger partial charge < -0.3 is 18.9 Å². The lowest BCUT2D eigenvalue weighted by Crippen LogP contribution is -2.18. The fraction of sp³-hybridized carbons (Fsp3) is 0.292. The van der Waals surface area contributed by atoms with Crippen LogP contribution in [0.3, 0.4) is 0 Å². The van der Waals surface area contributed by atoms with Gasteiger partial charge in [-0.15, -0.1) is 0 Å². The monoisotopic (exact) mass is 422 g/mol. The van der Waals surface area contributed by atoms with Crippen molar-refractivity contribution in [1.82, 2.24) is 14.9 Å². The Morgan fingerprint density at radius 1 is 1.06 bits per heavy atom. The van der Waals surface area contributed by atoms with Crippen LogP contribution in [-0.2, 0) is 4.84 Å². The van der Waals surface area contributed by atoms with Crippen molar-refractivity contribution < 1.29 is 14.3 Å². The molecule has 0 spiro atoms. The predicted molar refractivity (Wildman–Crippen MR) is 126 cm³/mol. The summed E-state index contributed by atoms with van der Waals surface area (Å²) in [5.41, 5.74) is 6.81. The van der Waals surface area contributed by atoms with Crippen LogP contribution in [0, 0.1) is 6.92 Å². The third-order valence-corrected chi connectivity index (χ3v) is 4.93. The molecule has 0 saturated heterocycles. The summed E-state index contributed by atoms with van der Waals surface area (Å²) in [7, 11) is 7.20. The molecule has 3 aromatic rings. The van der Waals surface area contributed by atoms with Crippen molar-refractivity contribution in [3.8, 4) is 11.5 Å². The van der Waals surface area contributed by atoms with Crippen LogP contribution in [0.15, 0.2) is 59.2 Å². The minimum Gasteiger partial charge on any atom is -0.497 e. The number of nitrogens with zero attached hydrogens (tertiary/aromatic N) is 3. The van der Waals surface area contributed by atoms with E-state index in [2.05, 4.69) is 40.2 Å². The van der Waals surface area contributed by atoms with Crippen molar-refractivity contribution in [2.24, 2.45) is 4.99 Å². The number of hydrogen-bond acceptors (Lipinski definition) is 5. The summed E-state index contributed by atoms with van der Waals surface area (Å²) >= 11 is 0. The number of rotatable bonds is 8. The van der Waals surface area contributed by atoms with E-state index in [-0.39, 0.29) is 0 Å². The first-order valence-electron chi connectivity index (χ1n) is 10.0. The molecule has 31 heavy (non-hydrogen) atoms. The Morgan fingerprint density at radius 3 is 2.42 bits per heavy atom. The normalized spacial score (nSPS) is 12.2. The van der Waals surface area contributed by atoms with E-state index < -0.39 is 0 Å². The zero-order chi connectivity index (χ0) is 22.4. The first kappa shape index (κ1) is 22.2. The molecule has 0 amide bonds. The van der Waals surface area contributed by atoms with Crippen molar-refractivity contribution in [2.45, 2.75) is 13.8 Å². The molecule has 0 aliphatic heterocycles. The van der Waals surface area contributed by atoms with E-state index in [1.165, 1.54) is 0 Å². The molecular weight excluding hydrogens is 392 g/mol. The summed E-state index contributed by atoms with van der Waals surface area (Å²) < 4.78 is 13.2. The van der Waals surface area contributed by atoms with Gasteiger partial charge in [-0.25, -0.2) is 4.99 Å². The van der Waals surface area contributed by atoms with Gasteiger partial charge in [0.05, 0.1) is 31.1 Å². The Morgan fingerprint density at radius 2 is 1.77 bits per heavy atom. The topological polar surface area (TPSA) is 60.2 Å². The summed E-state index contributed by atoms with van der Waals surface area (Å²) in [6.07, 6.45) is 1.98. The number of benzene rings is 2. The number of hydroxylamine groups is 1. The van der Waals surface area contributed by atoms with Crippen LogP contribution in [0.4, 0.5) is 5.69 Å². The molecule has 0 aliphatic rings. The highest BCUT2D eigenvalue weighted by Crippen LogP contribution is 2.26. The van der Waals surface area contributed by atoms with Gasteiger partial charge in [-0.1, -0.05) is 0 Å². The van der Waals surface area contributed by atoms with E-state index in [4.69, 9.17) is 14.3 Å². The van der Waals surface area contributed by atoms with E-state index in [0.29, 0.717) is 6.61 Å². The van der Waals surface area contributed by atoms with Crippen LogP contribution >= 0.6 is 0 Å². The van der Waals surface area contributed by atoms with E-state index in [0.717, 1.165) is 45.3 Å². The summed E-state index contributed by atoms with van der Waals surface area (Å²) in [5, 5.41) is 1.12. The van der Waals surface area contributed by atoms with Crippen LogP contribution in [-0.4, -0.2) is 50.2 Å². The van der Waals surface area contributed by atoms with E-state index in [9.17, 15) is 0 Å². The van der Waals surface area contributed by atoms with Crippen LogP contribution in [0.1, 0.15) is 12.6 Å². The molecule has 2 aromatic carbocycles. The number of aromatic nitrogens is 1. The van der Waals surface area contributed by atoms with Gasteiger partial charge in [-0.05, 0) is 62.4 Å². The summed E-state index contributed by atoms with van der Waals surface area (Å²) in [5.74, 6) is 2.49. The Hall–Kier alpha value is -3.45. The highest BCUT2D eigenvalue weighted by molar-refractivity contribution is 5.88. The number of ether oxygens (including phenoxy) is 2. The van der Waals surface area contributed by atoms with Crippen molar-refractivity contribution in [2.75, 3.05) is 34.9 Å². The van der Waals surface area contributed by atoms with E-state index in [1.54, 1.807) is 14.2 Å².